The van der Waals surface area contributed by atoms with E-state index in [1.54, 1.807) is 6.92 Å². The molecule has 4 nitrogen and oxygen atoms in total. The highest BCUT2D eigenvalue weighted by molar-refractivity contribution is 6.11. The number of halogens is 1. The van der Waals surface area contributed by atoms with Gasteiger partial charge in [0, 0.05) is 5.69 Å². The quantitative estimate of drug-likeness (QED) is 0.789. The van der Waals surface area contributed by atoms with E-state index in [1.807, 2.05) is 0 Å². The van der Waals surface area contributed by atoms with Gasteiger partial charge in [0.1, 0.15) is 11.2 Å². The van der Waals surface area contributed by atoms with E-state index in [1.165, 1.54) is 18.2 Å². The average Bonchev–Trinajstić information content (AvgIpc) is 3.02. The minimum atomic E-state index is -1.28. The SMILES string of the molecule is Cc1cc(F)ccc1NC(=O)C1(C(=O)O)CC1. The first-order chi connectivity index (χ1) is 7.95. The summed E-state index contributed by atoms with van der Waals surface area (Å²) in [5.74, 6) is -2.02. The summed E-state index contributed by atoms with van der Waals surface area (Å²) in [4.78, 5) is 22.7. The van der Waals surface area contributed by atoms with E-state index in [-0.39, 0.29) is 5.82 Å². The topological polar surface area (TPSA) is 66.4 Å². The number of rotatable bonds is 3. The Morgan fingerprint density at radius 2 is 2.06 bits per heavy atom. The monoisotopic (exact) mass is 237 g/mol. The van der Waals surface area contributed by atoms with Gasteiger partial charge < -0.3 is 10.4 Å². The summed E-state index contributed by atoms with van der Waals surface area (Å²) in [6.07, 6.45) is 0.711. The minimum Gasteiger partial charge on any atom is -0.480 e. The number of hydrogen-bond acceptors (Lipinski definition) is 2. The first-order valence-corrected chi connectivity index (χ1v) is 5.27. The van der Waals surface area contributed by atoms with Crippen LogP contribution in [0.3, 0.4) is 0 Å². The molecule has 1 saturated carbocycles. The molecule has 1 aliphatic rings. The third kappa shape index (κ3) is 2.00. The van der Waals surface area contributed by atoms with Gasteiger partial charge in [-0.3, -0.25) is 9.59 Å². The largest absolute Gasteiger partial charge is 0.480 e. The van der Waals surface area contributed by atoms with Crippen molar-refractivity contribution in [3.8, 4) is 0 Å². The first-order valence-electron chi connectivity index (χ1n) is 5.27. The summed E-state index contributed by atoms with van der Waals surface area (Å²) < 4.78 is 12.9. The van der Waals surface area contributed by atoms with Gasteiger partial charge >= 0.3 is 5.97 Å². The molecule has 0 aromatic heterocycles. The van der Waals surface area contributed by atoms with Crippen LogP contribution in [0.4, 0.5) is 10.1 Å². The van der Waals surface area contributed by atoms with Crippen molar-refractivity contribution in [1.82, 2.24) is 0 Å². The van der Waals surface area contributed by atoms with Crippen molar-refractivity contribution < 1.29 is 19.1 Å². The number of carboxylic acid groups (broad SMARTS) is 1. The van der Waals surface area contributed by atoms with Crippen LogP contribution >= 0.6 is 0 Å². The van der Waals surface area contributed by atoms with E-state index < -0.39 is 17.3 Å². The van der Waals surface area contributed by atoms with E-state index in [0.29, 0.717) is 24.1 Å². The number of anilines is 1. The molecule has 90 valence electrons. The Hall–Kier alpha value is -1.91. The first kappa shape index (κ1) is 11.6. The van der Waals surface area contributed by atoms with Crippen LogP contribution in [0.2, 0.25) is 0 Å². The summed E-state index contributed by atoms with van der Waals surface area (Å²) in [5.41, 5.74) is -0.260. The van der Waals surface area contributed by atoms with Crippen LogP contribution in [0.15, 0.2) is 18.2 Å². The molecule has 2 N–H and O–H groups in total. The molecule has 1 fully saturated rings. The number of aryl methyl sites for hydroxylation is 1. The van der Waals surface area contributed by atoms with Gasteiger partial charge in [0.15, 0.2) is 0 Å². The van der Waals surface area contributed by atoms with Crippen LogP contribution in [0.1, 0.15) is 18.4 Å². The fourth-order valence-electron chi connectivity index (χ4n) is 1.67. The zero-order chi connectivity index (χ0) is 12.6. The second-order valence-electron chi connectivity index (χ2n) is 4.30. The molecule has 0 spiro atoms. The van der Waals surface area contributed by atoms with Crippen molar-refractivity contribution in [2.75, 3.05) is 5.32 Å². The molecule has 1 amide bonds. The number of carboxylic acids is 1. The maximum absolute atomic E-state index is 12.9. The zero-order valence-corrected chi connectivity index (χ0v) is 9.29. The summed E-state index contributed by atoms with van der Waals surface area (Å²) in [6, 6.07) is 3.94. The molecule has 1 aromatic carbocycles. The fourth-order valence-corrected chi connectivity index (χ4v) is 1.67. The Morgan fingerprint density at radius 1 is 1.41 bits per heavy atom. The molecule has 0 unspecified atom stereocenters. The van der Waals surface area contributed by atoms with Gasteiger partial charge in [-0.25, -0.2) is 4.39 Å². The van der Waals surface area contributed by atoms with E-state index in [4.69, 9.17) is 5.11 Å². The van der Waals surface area contributed by atoms with Gasteiger partial charge in [-0.05, 0) is 43.5 Å². The van der Waals surface area contributed by atoms with Crippen molar-refractivity contribution >= 4 is 17.6 Å². The minimum absolute atomic E-state index is 0.356. The summed E-state index contributed by atoms with van der Waals surface area (Å²) in [7, 11) is 0. The van der Waals surface area contributed by atoms with Gasteiger partial charge in [-0.1, -0.05) is 0 Å². The maximum Gasteiger partial charge on any atom is 0.319 e. The smallest absolute Gasteiger partial charge is 0.319 e. The predicted molar refractivity (Wildman–Crippen MR) is 59.1 cm³/mol. The summed E-state index contributed by atoms with van der Waals surface area (Å²) in [6.45, 7) is 1.65. The Kier molecular flexibility index (Phi) is 2.61. The normalized spacial score (nSPS) is 16.4. The number of nitrogens with one attached hydrogen (secondary N) is 1. The lowest BCUT2D eigenvalue weighted by Crippen LogP contribution is -2.31. The van der Waals surface area contributed by atoms with Gasteiger partial charge in [-0.15, -0.1) is 0 Å². The van der Waals surface area contributed by atoms with Crippen molar-refractivity contribution in [2.24, 2.45) is 5.41 Å². The third-order valence-electron chi connectivity index (χ3n) is 3.03. The van der Waals surface area contributed by atoms with Gasteiger partial charge in [0.25, 0.3) is 0 Å². The van der Waals surface area contributed by atoms with E-state index in [9.17, 15) is 14.0 Å². The number of benzene rings is 1. The van der Waals surface area contributed by atoms with Gasteiger partial charge in [0.2, 0.25) is 5.91 Å². The summed E-state index contributed by atoms with van der Waals surface area (Å²) >= 11 is 0. The van der Waals surface area contributed by atoms with Gasteiger partial charge in [0.05, 0.1) is 0 Å². The van der Waals surface area contributed by atoms with Crippen LogP contribution < -0.4 is 5.32 Å². The Bertz CT molecular complexity index is 495. The van der Waals surface area contributed by atoms with Crippen molar-refractivity contribution in [2.45, 2.75) is 19.8 Å². The molecular weight excluding hydrogens is 225 g/mol. The highest BCUT2D eigenvalue weighted by atomic mass is 19.1. The highest BCUT2D eigenvalue weighted by Crippen LogP contribution is 2.46. The van der Waals surface area contributed by atoms with Crippen LogP contribution in [-0.4, -0.2) is 17.0 Å². The molecule has 17 heavy (non-hydrogen) atoms. The Morgan fingerprint density at radius 3 is 2.53 bits per heavy atom. The standard InChI is InChI=1S/C12H12FNO3/c1-7-6-8(13)2-3-9(7)14-10(15)12(4-5-12)11(16)17/h2-3,6H,4-5H2,1H3,(H,14,15)(H,16,17). The molecule has 0 aliphatic heterocycles. The van der Waals surface area contributed by atoms with Crippen LogP contribution in [0, 0.1) is 18.2 Å². The van der Waals surface area contributed by atoms with Crippen LogP contribution in [0.5, 0.6) is 0 Å². The van der Waals surface area contributed by atoms with E-state index in [0.717, 1.165) is 0 Å². The Balaban J connectivity index is 2.17. The lowest BCUT2D eigenvalue weighted by molar-refractivity contribution is -0.147. The lowest BCUT2D eigenvalue weighted by Gasteiger charge is -2.12. The molecule has 5 heteroatoms. The number of amides is 1. The summed E-state index contributed by atoms with van der Waals surface area (Å²) in [5, 5.41) is 11.5. The molecule has 0 atom stereocenters. The highest BCUT2D eigenvalue weighted by Gasteiger charge is 2.57. The van der Waals surface area contributed by atoms with Crippen molar-refractivity contribution in [1.29, 1.82) is 0 Å². The average molecular weight is 237 g/mol. The molecule has 2 rings (SSSR count). The lowest BCUT2D eigenvalue weighted by atomic mass is 10.1. The molecule has 0 radical (unpaired) electrons. The maximum atomic E-state index is 12.9. The molecule has 0 saturated heterocycles. The Labute approximate surface area is 97.4 Å². The van der Waals surface area contributed by atoms with Crippen LogP contribution in [-0.2, 0) is 9.59 Å². The van der Waals surface area contributed by atoms with E-state index >= 15 is 0 Å². The van der Waals surface area contributed by atoms with Gasteiger partial charge in [-0.2, -0.15) is 0 Å². The molecule has 1 aromatic rings. The fraction of sp³-hybridized carbons (Fsp3) is 0.333. The number of carbonyl (C=O) groups excluding carboxylic acids is 1. The molecular formula is C12H12FNO3. The molecule has 0 heterocycles. The second-order valence-corrected chi connectivity index (χ2v) is 4.30. The van der Waals surface area contributed by atoms with Crippen molar-refractivity contribution in [3.05, 3.63) is 29.6 Å². The molecule has 1 aliphatic carbocycles. The van der Waals surface area contributed by atoms with Crippen molar-refractivity contribution in [3.63, 3.8) is 0 Å². The number of aliphatic carboxylic acids is 1. The predicted octanol–water partition coefficient (Wildman–Crippen LogP) is 1.94. The third-order valence-corrected chi connectivity index (χ3v) is 3.03. The van der Waals surface area contributed by atoms with E-state index in [2.05, 4.69) is 5.32 Å². The second kappa shape index (κ2) is 3.84. The zero-order valence-electron chi connectivity index (χ0n) is 9.29. The number of hydrogen-bond donors (Lipinski definition) is 2. The van der Waals surface area contributed by atoms with Crippen LogP contribution in [0.25, 0.3) is 0 Å². The number of carbonyl (C=O) groups is 2. The molecule has 0 bridgehead atoms.